The molecule has 0 spiro atoms. The minimum Gasteiger partial charge on any atom is -0.394 e. The fourth-order valence-corrected chi connectivity index (χ4v) is 4.77. The fourth-order valence-electron chi connectivity index (χ4n) is 4.77. The molecule has 2 heterocycles. The van der Waals surface area contributed by atoms with Gasteiger partial charge in [0, 0.05) is 5.10 Å². The number of nitrogens with two attached hydrogens (primary N) is 1. The maximum Gasteiger partial charge on any atom is 0.329 e. The number of fused-ring (bicyclic) bond motifs is 1. The van der Waals surface area contributed by atoms with Crippen LogP contribution in [0.3, 0.4) is 0 Å². The molecule has 168 valence electrons. The number of allylic oxidation sites excluding steroid dienone is 6. The topological polar surface area (TPSA) is 60.6 Å². The van der Waals surface area contributed by atoms with Crippen molar-refractivity contribution in [3.8, 4) is 0 Å². The van der Waals surface area contributed by atoms with Crippen molar-refractivity contribution in [2.24, 2.45) is 18.4 Å². The summed E-state index contributed by atoms with van der Waals surface area (Å²) in [6.07, 6.45) is 18.1. The predicted octanol–water partition coefficient (Wildman–Crippen LogP) is 5.67. The molecule has 0 amide bonds. The van der Waals surface area contributed by atoms with Gasteiger partial charge in [-0.3, -0.25) is 4.57 Å². The third kappa shape index (κ3) is 5.25. The van der Waals surface area contributed by atoms with Crippen molar-refractivity contribution < 1.29 is 4.57 Å². The highest BCUT2D eigenvalue weighted by Crippen LogP contribution is 2.45. The number of imidazole rings is 1. The van der Waals surface area contributed by atoms with Gasteiger partial charge in [0.1, 0.15) is 5.69 Å². The molecule has 0 fully saturated rings. The lowest BCUT2D eigenvalue weighted by molar-refractivity contribution is -0.647. The van der Waals surface area contributed by atoms with Crippen LogP contribution in [0.25, 0.3) is 11.2 Å². The van der Waals surface area contributed by atoms with Gasteiger partial charge in [0.25, 0.3) is 0 Å². The number of nitrogens with zero attached hydrogens (tertiary/aromatic N) is 4. The quantitative estimate of drug-likeness (QED) is 0.440. The van der Waals surface area contributed by atoms with Crippen molar-refractivity contribution in [2.75, 3.05) is 5.73 Å². The zero-order chi connectivity index (χ0) is 22.6. The maximum absolute atomic E-state index is 6.13. The average molecular weight is 423 g/mol. The van der Waals surface area contributed by atoms with Gasteiger partial charge >= 0.3 is 5.65 Å². The van der Waals surface area contributed by atoms with Gasteiger partial charge in [-0.25, -0.2) is 4.57 Å². The third-order valence-corrected chi connectivity index (χ3v) is 7.51. The molecule has 5 nitrogen and oxygen atoms in total. The molecular formula is C26H40N5+. The number of aryl methyl sites for hydroxylation is 1. The summed E-state index contributed by atoms with van der Waals surface area (Å²) in [5.74, 6) is 0.780. The van der Waals surface area contributed by atoms with E-state index < -0.39 is 0 Å². The molecule has 2 aromatic rings. The molecule has 1 aliphatic rings. The number of hydrogen-bond acceptors (Lipinski definition) is 3. The summed E-state index contributed by atoms with van der Waals surface area (Å²) >= 11 is 0. The lowest BCUT2D eigenvalue weighted by atomic mass is 9.65. The van der Waals surface area contributed by atoms with E-state index in [4.69, 9.17) is 5.73 Å². The van der Waals surface area contributed by atoms with Crippen LogP contribution >= 0.6 is 0 Å². The molecule has 5 heteroatoms. The van der Waals surface area contributed by atoms with E-state index in [1.807, 2.05) is 17.9 Å². The van der Waals surface area contributed by atoms with Gasteiger partial charge in [0.05, 0.1) is 19.8 Å². The highest BCUT2D eigenvalue weighted by Gasteiger charge is 2.34. The first-order valence-corrected chi connectivity index (χ1v) is 11.7. The molecule has 0 aliphatic heterocycles. The first-order chi connectivity index (χ1) is 14.7. The van der Waals surface area contributed by atoms with Crippen molar-refractivity contribution in [2.45, 2.75) is 79.7 Å². The molecular weight excluding hydrogens is 382 g/mol. The van der Waals surface area contributed by atoms with Crippen LogP contribution in [0.15, 0.2) is 47.5 Å². The zero-order valence-corrected chi connectivity index (χ0v) is 20.3. The van der Waals surface area contributed by atoms with Crippen LogP contribution in [0.1, 0.15) is 73.1 Å². The Morgan fingerprint density at radius 3 is 2.77 bits per heavy atom. The Morgan fingerprint density at radius 1 is 1.29 bits per heavy atom. The van der Waals surface area contributed by atoms with E-state index >= 15 is 0 Å². The van der Waals surface area contributed by atoms with Crippen molar-refractivity contribution in [1.29, 1.82) is 0 Å². The first kappa shape index (κ1) is 23.2. The van der Waals surface area contributed by atoms with E-state index in [0.717, 1.165) is 36.5 Å². The Kier molecular flexibility index (Phi) is 7.34. The van der Waals surface area contributed by atoms with Crippen molar-refractivity contribution >= 4 is 16.9 Å². The van der Waals surface area contributed by atoms with Gasteiger partial charge in [0.15, 0.2) is 6.33 Å². The molecule has 1 aliphatic carbocycles. The largest absolute Gasteiger partial charge is 0.394 e. The monoisotopic (exact) mass is 422 g/mol. The zero-order valence-electron chi connectivity index (χ0n) is 20.3. The van der Waals surface area contributed by atoms with E-state index in [-0.39, 0.29) is 0 Å². The van der Waals surface area contributed by atoms with Crippen LogP contribution in [-0.2, 0) is 13.6 Å². The molecule has 0 bridgehead atoms. The SMILES string of the molecule is CC(=CCn1c[n+](C)c2nncc(N)c21)CCC=C(C)CC[C@]1(C)C(C)=CCC[C@@H]1C. The Labute approximate surface area is 187 Å². The van der Waals surface area contributed by atoms with E-state index in [1.165, 1.54) is 36.8 Å². The van der Waals surface area contributed by atoms with Crippen LogP contribution in [-0.4, -0.2) is 14.8 Å². The number of hydrogen-bond donors (Lipinski definition) is 1. The molecule has 2 aromatic heterocycles. The molecule has 31 heavy (non-hydrogen) atoms. The van der Waals surface area contributed by atoms with Gasteiger partial charge < -0.3 is 5.73 Å². The molecule has 0 saturated carbocycles. The predicted molar refractivity (Wildman–Crippen MR) is 129 cm³/mol. The molecule has 0 radical (unpaired) electrons. The van der Waals surface area contributed by atoms with Gasteiger partial charge in [-0.05, 0) is 70.6 Å². The third-order valence-electron chi connectivity index (χ3n) is 7.51. The van der Waals surface area contributed by atoms with Crippen molar-refractivity contribution in [1.82, 2.24) is 14.8 Å². The van der Waals surface area contributed by atoms with Gasteiger partial charge in [-0.2, -0.15) is 0 Å². The fraction of sp³-hybridized carbons (Fsp3) is 0.577. The van der Waals surface area contributed by atoms with Gasteiger partial charge in [0.2, 0.25) is 5.52 Å². The van der Waals surface area contributed by atoms with E-state index in [9.17, 15) is 0 Å². The molecule has 3 rings (SSSR count). The summed E-state index contributed by atoms with van der Waals surface area (Å²) in [5.41, 5.74) is 13.4. The highest BCUT2D eigenvalue weighted by molar-refractivity contribution is 5.80. The van der Waals surface area contributed by atoms with E-state index in [2.05, 4.69) is 67.6 Å². The Hall–Kier alpha value is -2.43. The lowest BCUT2D eigenvalue weighted by Crippen LogP contribution is -2.29. The highest BCUT2D eigenvalue weighted by atomic mass is 15.2. The van der Waals surface area contributed by atoms with E-state index in [0.29, 0.717) is 11.1 Å². The van der Waals surface area contributed by atoms with E-state index in [1.54, 1.807) is 11.8 Å². The summed E-state index contributed by atoms with van der Waals surface area (Å²) in [6, 6.07) is 0. The van der Waals surface area contributed by atoms with Gasteiger partial charge in [-0.1, -0.05) is 53.9 Å². The van der Waals surface area contributed by atoms with Crippen LogP contribution in [0.5, 0.6) is 0 Å². The summed E-state index contributed by atoms with van der Waals surface area (Å²) < 4.78 is 4.12. The molecule has 2 N–H and O–H groups in total. The Morgan fingerprint density at radius 2 is 2.03 bits per heavy atom. The maximum atomic E-state index is 6.13. The molecule has 2 atom stereocenters. The molecule has 0 aromatic carbocycles. The summed E-state index contributed by atoms with van der Waals surface area (Å²) in [7, 11) is 1.98. The van der Waals surface area contributed by atoms with Crippen LogP contribution in [0, 0.1) is 11.3 Å². The number of nitrogen functional groups attached to an aromatic ring is 1. The normalized spacial score (nSPS) is 22.8. The summed E-state index contributed by atoms with van der Waals surface area (Å²) in [5, 5.41) is 8.17. The second-order valence-electron chi connectivity index (χ2n) is 9.77. The number of rotatable bonds is 8. The van der Waals surface area contributed by atoms with Crippen LogP contribution < -0.4 is 10.3 Å². The second kappa shape index (κ2) is 9.80. The summed E-state index contributed by atoms with van der Waals surface area (Å²) in [4.78, 5) is 0. The second-order valence-corrected chi connectivity index (χ2v) is 9.77. The minimum atomic E-state index is 0.366. The molecule has 0 unspecified atom stereocenters. The Balaban J connectivity index is 1.53. The minimum absolute atomic E-state index is 0.366. The first-order valence-electron chi connectivity index (χ1n) is 11.7. The van der Waals surface area contributed by atoms with Crippen LogP contribution in [0.2, 0.25) is 0 Å². The van der Waals surface area contributed by atoms with Crippen LogP contribution in [0.4, 0.5) is 5.69 Å². The standard InChI is InChI=1S/C26H40N5/c1-19(13-15-26(5)21(3)11-8-12-22(26)4)9-7-10-20(2)14-16-31-18-30(6)25-24(31)23(27)17-28-29-25/h9,11,14,17-18,22H,7-8,10,12-13,15-16H2,1-6H3,(H2,27,29)/q+1/t22-,26+/m0/s1. The smallest absolute Gasteiger partial charge is 0.329 e. The number of anilines is 1. The lowest BCUT2D eigenvalue weighted by Gasteiger charge is -2.40. The Bertz CT molecular complexity index is 1010. The average Bonchev–Trinajstić information content (AvgIpc) is 3.06. The number of aromatic nitrogens is 4. The van der Waals surface area contributed by atoms with Crippen molar-refractivity contribution in [3.63, 3.8) is 0 Å². The summed E-state index contributed by atoms with van der Waals surface area (Å²) in [6.45, 7) is 12.5. The van der Waals surface area contributed by atoms with Crippen molar-refractivity contribution in [3.05, 3.63) is 47.5 Å². The van der Waals surface area contributed by atoms with Gasteiger partial charge in [-0.15, -0.1) is 0 Å². The molecule has 0 saturated heterocycles.